The van der Waals surface area contributed by atoms with Crippen LogP contribution in [0.25, 0.3) is 0 Å². The van der Waals surface area contributed by atoms with Gasteiger partial charge in [0.15, 0.2) is 0 Å². The largest absolute Gasteiger partial charge is 0.296 e. The van der Waals surface area contributed by atoms with Crippen molar-refractivity contribution in [3.63, 3.8) is 0 Å². The number of benzene rings is 2. The van der Waals surface area contributed by atoms with Gasteiger partial charge in [-0.2, -0.15) is 4.31 Å². The Morgan fingerprint density at radius 2 is 1.68 bits per heavy atom. The van der Waals surface area contributed by atoms with Gasteiger partial charge in [0.1, 0.15) is 16.5 Å². The highest BCUT2D eigenvalue weighted by Gasteiger charge is 2.30. The fraction of sp³-hybridized carbons (Fsp3) is 0.294. The fourth-order valence-corrected chi connectivity index (χ4v) is 4.78. The summed E-state index contributed by atoms with van der Waals surface area (Å²) in [5, 5.41) is 0. The van der Waals surface area contributed by atoms with E-state index in [1.807, 2.05) is 0 Å². The summed E-state index contributed by atoms with van der Waals surface area (Å²) >= 11 is 3.34. The van der Waals surface area contributed by atoms with E-state index in [0.717, 1.165) is 11.6 Å². The minimum Gasteiger partial charge on any atom is -0.296 e. The minimum atomic E-state index is -3.83. The Kier molecular flexibility index (Phi) is 5.52. The van der Waals surface area contributed by atoms with E-state index in [4.69, 9.17) is 0 Å². The Labute approximate surface area is 154 Å². The van der Waals surface area contributed by atoms with Crippen LogP contribution in [0.1, 0.15) is 5.56 Å². The van der Waals surface area contributed by atoms with Crippen molar-refractivity contribution in [1.29, 1.82) is 0 Å². The molecular weight excluding hydrogens is 414 g/mol. The molecule has 1 saturated heterocycles. The Morgan fingerprint density at radius 3 is 2.32 bits per heavy atom. The summed E-state index contributed by atoms with van der Waals surface area (Å²) in [6, 6.07) is 9.93. The smallest absolute Gasteiger partial charge is 0.246 e. The van der Waals surface area contributed by atoms with Gasteiger partial charge in [-0.25, -0.2) is 17.2 Å². The molecular formula is C17H17BrF2N2O2S. The molecule has 0 bridgehead atoms. The Balaban J connectivity index is 1.66. The van der Waals surface area contributed by atoms with Gasteiger partial charge in [0.05, 0.1) is 0 Å². The van der Waals surface area contributed by atoms with Gasteiger partial charge in [-0.15, -0.1) is 0 Å². The predicted molar refractivity (Wildman–Crippen MR) is 94.5 cm³/mol. The van der Waals surface area contributed by atoms with Crippen LogP contribution in [0.4, 0.5) is 8.78 Å². The number of sulfonamides is 1. The molecule has 0 spiro atoms. The molecule has 2 aromatic carbocycles. The normalized spacial score (nSPS) is 16.9. The van der Waals surface area contributed by atoms with Gasteiger partial charge in [0.2, 0.25) is 10.0 Å². The van der Waals surface area contributed by atoms with E-state index >= 15 is 0 Å². The molecule has 3 rings (SSSR count). The average molecular weight is 431 g/mol. The van der Waals surface area contributed by atoms with Crippen LogP contribution in [0.5, 0.6) is 0 Å². The number of halogens is 3. The summed E-state index contributed by atoms with van der Waals surface area (Å²) in [4.78, 5) is 1.80. The second-order valence-corrected chi connectivity index (χ2v) is 8.61. The number of rotatable bonds is 4. The lowest BCUT2D eigenvalue weighted by atomic mass is 10.2. The third kappa shape index (κ3) is 4.08. The maximum Gasteiger partial charge on any atom is 0.246 e. The number of piperazine rings is 1. The molecule has 1 aliphatic heterocycles. The van der Waals surface area contributed by atoms with Crippen LogP contribution >= 0.6 is 15.9 Å². The lowest BCUT2D eigenvalue weighted by Crippen LogP contribution is -2.48. The number of hydrogen-bond donors (Lipinski definition) is 0. The first-order valence-corrected chi connectivity index (χ1v) is 10.0. The molecule has 0 aromatic heterocycles. The van der Waals surface area contributed by atoms with Crippen LogP contribution in [0, 0.1) is 11.6 Å². The van der Waals surface area contributed by atoms with Crippen molar-refractivity contribution in [2.75, 3.05) is 26.2 Å². The highest BCUT2D eigenvalue weighted by atomic mass is 79.9. The van der Waals surface area contributed by atoms with E-state index in [9.17, 15) is 17.2 Å². The SMILES string of the molecule is O=S(=O)(c1ccccc1F)N1CCN(Cc2ccc(F)cc2Br)CC1. The Morgan fingerprint density at radius 1 is 1.00 bits per heavy atom. The van der Waals surface area contributed by atoms with Gasteiger partial charge in [0, 0.05) is 37.2 Å². The van der Waals surface area contributed by atoms with Crippen LogP contribution in [0.3, 0.4) is 0 Å². The van der Waals surface area contributed by atoms with E-state index in [2.05, 4.69) is 20.8 Å². The van der Waals surface area contributed by atoms with Crippen LogP contribution in [-0.2, 0) is 16.6 Å². The molecule has 0 aliphatic carbocycles. The topological polar surface area (TPSA) is 40.6 Å². The molecule has 8 heteroatoms. The summed E-state index contributed by atoms with van der Waals surface area (Å²) in [6.45, 7) is 2.22. The first kappa shape index (κ1) is 18.4. The van der Waals surface area contributed by atoms with Crippen LogP contribution in [-0.4, -0.2) is 43.8 Å². The van der Waals surface area contributed by atoms with Gasteiger partial charge in [0.25, 0.3) is 0 Å². The standard InChI is InChI=1S/C17H17BrF2N2O2S/c18-15-11-14(19)6-5-13(15)12-21-7-9-22(10-8-21)25(23,24)17-4-2-1-3-16(17)20/h1-6,11H,7-10,12H2. The quantitative estimate of drug-likeness (QED) is 0.747. The van der Waals surface area contributed by atoms with Crippen molar-refractivity contribution in [2.45, 2.75) is 11.4 Å². The molecule has 0 unspecified atom stereocenters. The lowest BCUT2D eigenvalue weighted by molar-refractivity contribution is 0.181. The average Bonchev–Trinajstić information content (AvgIpc) is 2.58. The third-order valence-corrected chi connectivity index (χ3v) is 6.86. The third-order valence-electron chi connectivity index (χ3n) is 4.19. The molecule has 1 aliphatic rings. The molecule has 1 fully saturated rings. The van der Waals surface area contributed by atoms with Crippen LogP contribution < -0.4 is 0 Å². The van der Waals surface area contributed by atoms with Crippen molar-refractivity contribution < 1.29 is 17.2 Å². The fourth-order valence-electron chi connectivity index (χ4n) is 2.81. The van der Waals surface area contributed by atoms with Gasteiger partial charge >= 0.3 is 0 Å². The molecule has 0 radical (unpaired) electrons. The minimum absolute atomic E-state index is 0.287. The first-order chi connectivity index (χ1) is 11.9. The summed E-state index contributed by atoms with van der Waals surface area (Å²) < 4.78 is 54.1. The molecule has 1 heterocycles. The number of hydrogen-bond acceptors (Lipinski definition) is 3. The highest BCUT2D eigenvalue weighted by Crippen LogP contribution is 2.23. The molecule has 0 amide bonds. The highest BCUT2D eigenvalue weighted by molar-refractivity contribution is 9.10. The van der Waals surface area contributed by atoms with Crippen molar-refractivity contribution >= 4 is 26.0 Å². The molecule has 25 heavy (non-hydrogen) atoms. The van der Waals surface area contributed by atoms with Gasteiger partial charge < -0.3 is 0 Å². The Bertz CT molecular complexity index is 869. The first-order valence-electron chi connectivity index (χ1n) is 7.79. The monoisotopic (exact) mass is 430 g/mol. The van der Waals surface area contributed by atoms with E-state index in [1.165, 1.54) is 34.6 Å². The predicted octanol–water partition coefficient (Wildman–Crippen LogP) is 3.23. The summed E-state index contributed by atoms with van der Waals surface area (Å²) in [6.07, 6.45) is 0. The van der Waals surface area contributed by atoms with Gasteiger partial charge in [-0.3, -0.25) is 4.90 Å². The number of nitrogens with zero attached hydrogens (tertiary/aromatic N) is 2. The van der Waals surface area contributed by atoms with Crippen molar-refractivity contribution in [1.82, 2.24) is 9.21 Å². The van der Waals surface area contributed by atoms with Crippen molar-refractivity contribution in [3.05, 3.63) is 64.1 Å². The van der Waals surface area contributed by atoms with Crippen molar-refractivity contribution in [2.24, 2.45) is 0 Å². The van der Waals surface area contributed by atoms with Crippen molar-refractivity contribution in [3.8, 4) is 0 Å². The lowest BCUT2D eigenvalue weighted by Gasteiger charge is -2.34. The maximum absolute atomic E-state index is 13.8. The molecule has 4 nitrogen and oxygen atoms in total. The summed E-state index contributed by atoms with van der Waals surface area (Å²) in [5.41, 5.74) is 0.937. The molecule has 2 aromatic rings. The van der Waals surface area contributed by atoms with Crippen LogP contribution in [0.2, 0.25) is 0 Å². The molecule has 0 atom stereocenters. The molecule has 0 saturated carbocycles. The summed E-state index contributed by atoms with van der Waals surface area (Å²) in [7, 11) is -3.83. The second-order valence-electron chi connectivity index (χ2n) is 5.85. The van der Waals surface area contributed by atoms with E-state index in [-0.39, 0.29) is 23.8 Å². The Hall–Kier alpha value is -1.35. The van der Waals surface area contributed by atoms with Crippen LogP contribution in [0.15, 0.2) is 51.8 Å². The zero-order valence-corrected chi connectivity index (χ0v) is 15.7. The van der Waals surface area contributed by atoms with Gasteiger partial charge in [-0.1, -0.05) is 34.1 Å². The maximum atomic E-state index is 13.8. The molecule has 134 valence electrons. The van der Waals surface area contributed by atoms with E-state index < -0.39 is 15.8 Å². The zero-order chi connectivity index (χ0) is 18.0. The second kappa shape index (κ2) is 7.49. The van der Waals surface area contributed by atoms with E-state index in [1.54, 1.807) is 6.07 Å². The molecule has 0 N–H and O–H groups in total. The van der Waals surface area contributed by atoms with Gasteiger partial charge in [-0.05, 0) is 29.8 Å². The zero-order valence-electron chi connectivity index (χ0n) is 13.3. The van der Waals surface area contributed by atoms with E-state index in [0.29, 0.717) is 24.1 Å². The summed E-state index contributed by atoms with van der Waals surface area (Å²) in [5.74, 6) is -1.04.